The van der Waals surface area contributed by atoms with Crippen LogP contribution in [0.2, 0.25) is 0 Å². The van der Waals surface area contributed by atoms with Gasteiger partial charge in [0.2, 0.25) is 5.91 Å². The van der Waals surface area contributed by atoms with E-state index >= 15 is 0 Å². The number of benzene rings is 2. The number of amides is 3. The maximum atomic E-state index is 12.3. The van der Waals surface area contributed by atoms with E-state index in [-0.39, 0.29) is 11.9 Å². The van der Waals surface area contributed by atoms with Crippen LogP contribution in [-0.2, 0) is 4.79 Å². The van der Waals surface area contributed by atoms with Crippen LogP contribution in [0.1, 0.15) is 12.5 Å². The number of anilines is 3. The molecule has 1 aromatic heterocycles. The summed E-state index contributed by atoms with van der Waals surface area (Å²) in [6, 6.07) is 10.5. The van der Waals surface area contributed by atoms with Crippen LogP contribution in [0, 0.1) is 6.92 Å². The molecular formula is C18H18N4O3S. The summed E-state index contributed by atoms with van der Waals surface area (Å²) in [5.41, 5.74) is 2.90. The minimum Gasteiger partial charge on any atom is -0.495 e. The number of carbonyl (C=O) groups excluding carboxylic acids is 2. The minimum absolute atomic E-state index is 0.172. The smallest absolute Gasteiger partial charge is 0.323 e. The zero-order valence-corrected chi connectivity index (χ0v) is 15.4. The molecule has 0 atom stereocenters. The zero-order valence-electron chi connectivity index (χ0n) is 14.5. The van der Waals surface area contributed by atoms with Gasteiger partial charge in [-0.1, -0.05) is 17.4 Å². The maximum absolute atomic E-state index is 12.3. The van der Waals surface area contributed by atoms with Gasteiger partial charge in [0.25, 0.3) is 0 Å². The van der Waals surface area contributed by atoms with Crippen molar-refractivity contribution in [2.75, 3.05) is 23.1 Å². The number of fused-ring (bicyclic) bond motifs is 1. The number of aryl methyl sites for hydroxylation is 1. The molecule has 3 amide bonds. The molecule has 2 aromatic carbocycles. The monoisotopic (exact) mass is 370 g/mol. The first-order valence-corrected chi connectivity index (χ1v) is 8.67. The summed E-state index contributed by atoms with van der Waals surface area (Å²) >= 11 is 1.37. The number of hydrogen-bond acceptors (Lipinski definition) is 5. The van der Waals surface area contributed by atoms with Gasteiger partial charge in [-0.25, -0.2) is 9.78 Å². The highest BCUT2D eigenvalue weighted by Crippen LogP contribution is 2.29. The number of aromatic nitrogens is 1. The van der Waals surface area contributed by atoms with Gasteiger partial charge in [-0.05, 0) is 42.8 Å². The van der Waals surface area contributed by atoms with Crippen molar-refractivity contribution in [3.8, 4) is 5.75 Å². The maximum Gasteiger partial charge on any atom is 0.323 e. The number of nitrogens with zero attached hydrogens (tertiary/aromatic N) is 1. The van der Waals surface area contributed by atoms with E-state index in [2.05, 4.69) is 20.9 Å². The molecule has 0 saturated heterocycles. The Morgan fingerprint density at radius 2 is 1.88 bits per heavy atom. The average Bonchev–Trinajstić information content (AvgIpc) is 2.95. The molecular weight excluding hydrogens is 352 g/mol. The Kier molecular flexibility index (Phi) is 5.04. The number of nitrogens with one attached hydrogen (secondary N) is 3. The lowest BCUT2D eigenvalue weighted by Crippen LogP contribution is -2.19. The summed E-state index contributed by atoms with van der Waals surface area (Å²) in [5.74, 6) is 0.412. The van der Waals surface area contributed by atoms with Gasteiger partial charge in [-0.15, -0.1) is 0 Å². The fourth-order valence-electron chi connectivity index (χ4n) is 2.41. The van der Waals surface area contributed by atoms with Crippen molar-refractivity contribution in [3.63, 3.8) is 0 Å². The van der Waals surface area contributed by atoms with Crippen molar-refractivity contribution in [2.24, 2.45) is 0 Å². The molecule has 3 N–H and O–H groups in total. The average molecular weight is 370 g/mol. The number of urea groups is 1. The van der Waals surface area contributed by atoms with E-state index in [4.69, 9.17) is 4.74 Å². The second-order valence-corrected chi connectivity index (χ2v) is 6.70. The van der Waals surface area contributed by atoms with E-state index < -0.39 is 0 Å². The van der Waals surface area contributed by atoms with Gasteiger partial charge in [0.05, 0.1) is 23.0 Å². The summed E-state index contributed by atoms with van der Waals surface area (Å²) < 4.78 is 6.17. The van der Waals surface area contributed by atoms with Crippen molar-refractivity contribution in [3.05, 3.63) is 42.0 Å². The van der Waals surface area contributed by atoms with Crippen molar-refractivity contribution in [1.82, 2.24) is 4.98 Å². The Morgan fingerprint density at radius 1 is 1.08 bits per heavy atom. The van der Waals surface area contributed by atoms with Gasteiger partial charge in [0, 0.05) is 12.6 Å². The number of hydrogen-bond donors (Lipinski definition) is 3. The summed E-state index contributed by atoms with van der Waals surface area (Å²) in [6.07, 6.45) is 0. The van der Waals surface area contributed by atoms with E-state index in [1.165, 1.54) is 18.3 Å². The summed E-state index contributed by atoms with van der Waals surface area (Å²) in [7, 11) is 1.55. The first-order valence-electron chi connectivity index (χ1n) is 7.85. The van der Waals surface area contributed by atoms with Crippen molar-refractivity contribution in [1.29, 1.82) is 0 Å². The predicted molar refractivity (Wildman–Crippen MR) is 104 cm³/mol. The van der Waals surface area contributed by atoms with E-state index in [1.807, 2.05) is 25.1 Å². The van der Waals surface area contributed by atoms with Crippen LogP contribution in [0.5, 0.6) is 5.75 Å². The van der Waals surface area contributed by atoms with Crippen LogP contribution in [0.3, 0.4) is 0 Å². The molecule has 0 aliphatic heterocycles. The van der Waals surface area contributed by atoms with E-state index in [0.29, 0.717) is 27.8 Å². The molecule has 1 heterocycles. The van der Waals surface area contributed by atoms with Crippen LogP contribution >= 0.6 is 11.3 Å². The van der Waals surface area contributed by atoms with Gasteiger partial charge in [-0.3, -0.25) is 4.79 Å². The molecule has 3 rings (SSSR count). The fraction of sp³-hybridized carbons (Fsp3) is 0.167. The molecule has 134 valence electrons. The van der Waals surface area contributed by atoms with E-state index in [9.17, 15) is 9.59 Å². The Morgan fingerprint density at radius 3 is 2.62 bits per heavy atom. The van der Waals surface area contributed by atoms with Crippen LogP contribution in [0.15, 0.2) is 36.4 Å². The number of methoxy groups -OCH3 is 1. The lowest BCUT2D eigenvalue weighted by atomic mass is 10.2. The highest BCUT2D eigenvalue weighted by molar-refractivity contribution is 7.22. The zero-order chi connectivity index (χ0) is 18.7. The molecule has 26 heavy (non-hydrogen) atoms. The SMILES string of the molecule is COc1ccc(C)cc1NC(=O)Nc1ccc2sc(NC(C)=O)nc2c1. The predicted octanol–water partition coefficient (Wildman–Crippen LogP) is 4.22. The second kappa shape index (κ2) is 7.40. The third kappa shape index (κ3) is 4.09. The normalized spacial score (nSPS) is 10.4. The highest BCUT2D eigenvalue weighted by atomic mass is 32.1. The second-order valence-electron chi connectivity index (χ2n) is 5.67. The van der Waals surface area contributed by atoms with Crippen LogP contribution in [-0.4, -0.2) is 24.0 Å². The molecule has 0 unspecified atom stereocenters. The van der Waals surface area contributed by atoms with Crippen molar-refractivity contribution < 1.29 is 14.3 Å². The molecule has 3 aromatic rings. The van der Waals surface area contributed by atoms with Crippen molar-refractivity contribution in [2.45, 2.75) is 13.8 Å². The van der Waals surface area contributed by atoms with Crippen LogP contribution in [0.25, 0.3) is 10.2 Å². The summed E-state index contributed by atoms with van der Waals surface area (Å²) in [4.78, 5) is 27.8. The molecule has 0 bridgehead atoms. The molecule has 8 heteroatoms. The van der Waals surface area contributed by atoms with Crippen LogP contribution in [0.4, 0.5) is 21.3 Å². The number of ether oxygens (including phenoxy) is 1. The van der Waals surface area contributed by atoms with Gasteiger partial charge < -0.3 is 20.7 Å². The Hall–Kier alpha value is -3.13. The molecule has 0 radical (unpaired) electrons. The lowest BCUT2D eigenvalue weighted by Gasteiger charge is -2.12. The summed E-state index contributed by atoms with van der Waals surface area (Å²) in [5, 5.41) is 8.74. The van der Waals surface area contributed by atoms with Crippen molar-refractivity contribution >= 4 is 50.0 Å². The van der Waals surface area contributed by atoms with Gasteiger partial charge >= 0.3 is 6.03 Å². The fourth-order valence-corrected chi connectivity index (χ4v) is 3.31. The quantitative estimate of drug-likeness (QED) is 0.641. The first kappa shape index (κ1) is 17.7. The Bertz CT molecular complexity index is 984. The third-order valence-corrected chi connectivity index (χ3v) is 4.48. The third-order valence-electron chi connectivity index (χ3n) is 3.53. The van der Waals surface area contributed by atoms with Gasteiger partial charge in [-0.2, -0.15) is 0 Å². The van der Waals surface area contributed by atoms with Gasteiger partial charge in [0.15, 0.2) is 5.13 Å². The van der Waals surface area contributed by atoms with E-state index in [1.54, 1.807) is 25.3 Å². The number of carbonyl (C=O) groups is 2. The minimum atomic E-state index is -0.384. The Labute approximate surface area is 154 Å². The molecule has 0 spiro atoms. The van der Waals surface area contributed by atoms with E-state index in [0.717, 1.165) is 10.3 Å². The van der Waals surface area contributed by atoms with Crippen LogP contribution < -0.4 is 20.7 Å². The molecule has 0 aliphatic rings. The first-order chi connectivity index (χ1) is 12.4. The largest absolute Gasteiger partial charge is 0.495 e. The van der Waals surface area contributed by atoms with Gasteiger partial charge in [0.1, 0.15) is 5.75 Å². The standard InChI is InChI=1S/C18H18N4O3S/c1-10-4-6-15(25-3)13(8-10)21-17(24)20-12-5-7-16-14(9-12)22-18(26-16)19-11(2)23/h4-9H,1-3H3,(H,19,22,23)(H2,20,21,24). The molecule has 0 aliphatic carbocycles. The molecule has 0 saturated carbocycles. The topological polar surface area (TPSA) is 92.4 Å². The molecule has 0 fully saturated rings. The number of thiazole rings is 1. The number of rotatable bonds is 4. The Balaban J connectivity index is 1.75. The lowest BCUT2D eigenvalue weighted by molar-refractivity contribution is -0.114. The highest BCUT2D eigenvalue weighted by Gasteiger charge is 2.10. The molecule has 7 nitrogen and oxygen atoms in total. The summed E-state index contributed by atoms with van der Waals surface area (Å²) in [6.45, 7) is 3.37.